The number of nitrogens with zero attached hydrogens (tertiary/aromatic N) is 4. The number of hydrogen-bond acceptors (Lipinski definition) is 8. The molecule has 2 amide bonds. The Hall–Kier alpha value is -4.61. The van der Waals surface area contributed by atoms with Gasteiger partial charge in [0.15, 0.2) is 5.82 Å². The number of nitrogens with one attached hydrogen (secondary N) is 2. The fraction of sp³-hybridized carbons (Fsp3) is 0.143. The van der Waals surface area contributed by atoms with Crippen molar-refractivity contribution in [1.82, 2.24) is 20.3 Å². The number of ether oxygens (including phenoxy) is 2. The molecule has 0 bridgehead atoms. The van der Waals surface area contributed by atoms with Crippen LogP contribution in [-0.2, 0) is 11.4 Å². The van der Waals surface area contributed by atoms with Gasteiger partial charge < -0.3 is 20.1 Å². The molecule has 1 unspecified atom stereocenters. The second kappa shape index (κ2) is 12.3. The maximum absolute atomic E-state index is 14.2. The SMILES string of the molecule is CCOc1cc(Cl)cc(Cl)c1C1=NC(NC(=O)c2cc(F)cnc2OCc2ncccn2)C(=O)Nc2ccccc21. The van der Waals surface area contributed by atoms with E-state index in [0.29, 0.717) is 40.0 Å². The molecular formula is C28H21Cl2FN6O4. The minimum absolute atomic E-state index is 0.128. The van der Waals surface area contributed by atoms with Crippen molar-refractivity contribution in [1.29, 1.82) is 0 Å². The maximum Gasteiger partial charge on any atom is 0.269 e. The number of halogens is 3. The van der Waals surface area contributed by atoms with Crippen LogP contribution in [0.15, 0.2) is 72.1 Å². The van der Waals surface area contributed by atoms with E-state index < -0.39 is 23.8 Å². The van der Waals surface area contributed by atoms with Gasteiger partial charge in [-0.1, -0.05) is 41.4 Å². The van der Waals surface area contributed by atoms with Crippen LogP contribution in [0.4, 0.5) is 10.1 Å². The number of anilines is 1. The fourth-order valence-corrected chi connectivity index (χ4v) is 4.61. The smallest absolute Gasteiger partial charge is 0.269 e. The average molecular weight is 595 g/mol. The summed E-state index contributed by atoms with van der Waals surface area (Å²) in [5.41, 5.74) is 1.35. The molecule has 2 N–H and O–H groups in total. The van der Waals surface area contributed by atoms with Crippen LogP contribution in [0.1, 0.15) is 34.2 Å². The second-order valence-corrected chi connectivity index (χ2v) is 9.39. The normalized spacial score (nSPS) is 14.3. The minimum atomic E-state index is -1.46. The highest BCUT2D eigenvalue weighted by atomic mass is 35.5. The van der Waals surface area contributed by atoms with Gasteiger partial charge in [-0.25, -0.2) is 24.3 Å². The Labute approximate surface area is 243 Å². The van der Waals surface area contributed by atoms with Gasteiger partial charge in [0.2, 0.25) is 12.0 Å². The van der Waals surface area contributed by atoms with Gasteiger partial charge in [-0.15, -0.1) is 0 Å². The van der Waals surface area contributed by atoms with Gasteiger partial charge in [-0.05, 0) is 37.3 Å². The molecule has 1 aliphatic heterocycles. The van der Waals surface area contributed by atoms with Gasteiger partial charge >= 0.3 is 0 Å². The summed E-state index contributed by atoms with van der Waals surface area (Å²) in [5, 5.41) is 5.88. The van der Waals surface area contributed by atoms with Crippen molar-refractivity contribution in [3.05, 3.63) is 105 Å². The molecule has 41 heavy (non-hydrogen) atoms. The number of carbonyl (C=O) groups is 2. The molecule has 10 nitrogen and oxygen atoms in total. The summed E-state index contributed by atoms with van der Waals surface area (Å²) < 4.78 is 25.6. The monoisotopic (exact) mass is 594 g/mol. The Kier molecular flexibility index (Phi) is 8.37. The highest BCUT2D eigenvalue weighted by Gasteiger charge is 2.31. The van der Waals surface area contributed by atoms with E-state index in [9.17, 15) is 14.0 Å². The third-order valence-electron chi connectivity index (χ3n) is 5.79. The van der Waals surface area contributed by atoms with E-state index in [2.05, 4.69) is 30.6 Å². The molecule has 2 aromatic heterocycles. The van der Waals surface area contributed by atoms with Crippen molar-refractivity contribution < 1.29 is 23.5 Å². The number of fused-ring (bicyclic) bond motifs is 1. The molecule has 13 heteroatoms. The topological polar surface area (TPSA) is 128 Å². The molecule has 0 saturated carbocycles. The van der Waals surface area contributed by atoms with E-state index in [1.807, 2.05) is 0 Å². The number of pyridine rings is 1. The molecular weight excluding hydrogens is 574 g/mol. The van der Waals surface area contributed by atoms with E-state index in [4.69, 9.17) is 32.7 Å². The number of benzene rings is 2. The molecule has 2 aromatic carbocycles. The van der Waals surface area contributed by atoms with Crippen molar-refractivity contribution >= 4 is 46.4 Å². The third-order valence-corrected chi connectivity index (χ3v) is 6.31. The van der Waals surface area contributed by atoms with Crippen LogP contribution in [-0.4, -0.2) is 45.3 Å². The molecule has 0 aliphatic carbocycles. The lowest BCUT2D eigenvalue weighted by Crippen LogP contribution is -2.42. The quantitative estimate of drug-likeness (QED) is 0.299. The van der Waals surface area contributed by atoms with E-state index in [-0.39, 0.29) is 28.8 Å². The number of para-hydroxylation sites is 1. The molecule has 5 rings (SSSR count). The maximum atomic E-state index is 14.2. The van der Waals surface area contributed by atoms with Crippen LogP contribution in [0.2, 0.25) is 10.0 Å². The summed E-state index contributed by atoms with van der Waals surface area (Å²) in [6.45, 7) is 1.97. The summed E-state index contributed by atoms with van der Waals surface area (Å²) in [5.74, 6) is -1.81. The lowest BCUT2D eigenvalue weighted by atomic mass is 9.99. The minimum Gasteiger partial charge on any atom is -0.493 e. The van der Waals surface area contributed by atoms with Crippen molar-refractivity contribution in [3.63, 3.8) is 0 Å². The van der Waals surface area contributed by atoms with Crippen LogP contribution >= 0.6 is 23.2 Å². The fourth-order valence-electron chi connectivity index (χ4n) is 4.05. The van der Waals surface area contributed by atoms with Crippen LogP contribution in [0.25, 0.3) is 0 Å². The van der Waals surface area contributed by atoms with Crippen LogP contribution in [0.5, 0.6) is 11.6 Å². The molecule has 0 fully saturated rings. The Morgan fingerprint density at radius 3 is 2.63 bits per heavy atom. The number of aliphatic imine (C=N–C) groups is 1. The summed E-state index contributed by atoms with van der Waals surface area (Å²) >= 11 is 12.8. The van der Waals surface area contributed by atoms with Crippen molar-refractivity contribution in [2.24, 2.45) is 4.99 Å². The van der Waals surface area contributed by atoms with Crippen molar-refractivity contribution in [3.8, 4) is 11.6 Å². The van der Waals surface area contributed by atoms with E-state index in [1.165, 1.54) is 18.5 Å². The average Bonchev–Trinajstić information content (AvgIpc) is 3.08. The number of aromatic nitrogens is 3. The predicted octanol–water partition coefficient (Wildman–Crippen LogP) is 4.84. The Bertz CT molecular complexity index is 1650. The first-order valence-electron chi connectivity index (χ1n) is 12.3. The molecule has 0 saturated heterocycles. The molecule has 1 atom stereocenters. The molecule has 0 spiro atoms. The third kappa shape index (κ3) is 6.26. The molecule has 3 heterocycles. The largest absolute Gasteiger partial charge is 0.493 e. The molecule has 4 aromatic rings. The standard InChI is InChI=1S/C28H21Cl2FN6O4/c1-2-40-21-11-15(29)10-19(30)23(21)24-17-6-3-4-7-20(17)35-27(39)25(36-24)37-26(38)18-12-16(31)13-34-28(18)41-14-22-32-8-5-9-33-22/h3-13,25H,2,14H2,1H3,(H,35,39)(H,37,38). The highest BCUT2D eigenvalue weighted by Crippen LogP contribution is 2.36. The lowest BCUT2D eigenvalue weighted by molar-refractivity contribution is -0.117. The second-order valence-electron chi connectivity index (χ2n) is 8.54. The number of amides is 2. The van der Waals surface area contributed by atoms with E-state index in [1.54, 1.807) is 43.3 Å². The van der Waals surface area contributed by atoms with Crippen LogP contribution in [0, 0.1) is 5.82 Å². The van der Waals surface area contributed by atoms with Gasteiger partial charge in [0.25, 0.3) is 11.8 Å². The van der Waals surface area contributed by atoms with Crippen molar-refractivity contribution in [2.45, 2.75) is 19.7 Å². The summed E-state index contributed by atoms with van der Waals surface area (Å²) in [7, 11) is 0. The van der Waals surface area contributed by atoms with Crippen LogP contribution < -0.4 is 20.1 Å². The zero-order valence-electron chi connectivity index (χ0n) is 21.4. The summed E-state index contributed by atoms with van der Waals surface area (Å²) in [6.07, 6.45) is 2.50. The van der Waals surface area contributed by atoms with E-state index in [0.717, 1.165) is 12.3 Å². The Balaban J connectivity index is 1.53. The first-order valence-corrected chi connectivity index (χ1v) is 13.0. The summed E-state index contributed by atoms with van der Waals surface area (Å²) in [6, 6.07) is 12.6. The van der Waals surface area contributed by atoms with Gasteiger partial charge in [-0.3, -0.25) is 9.59 Å². The number of rotatable bonds is 8. The highest BCUT2D eigenvalue weighted by molar-refractivity contribution is 6.39. The molecule has 1 aliphatic rings. The van der Waals surface area contributed by atoms with Crippen LogP contribution in [0.3, 0.4) is 0 Å². The first kappa shape index (κ1) is 27.9. The van der Waals surface area contributed by atoms with Gasteiger partial charge in [0, 0.05) is 23.0 Å². The number of benzodiazepines with no additional fused rings is 1. The number of hydrogen-bond donors (Lipinski definition) is 2. The summed E-state index contributed by atoms with van der Waals surface area (Å²) in [4.78, 5) is 43.3. The van der Waals surface area contributed by atoms with Gasteiger partial charge in [-0.2, -0.15) is 0 Å². The molecule has 0 radical (unpaired) electrons. The van der Waals surface area contributed by atoms with Crippen molar-refractivity contribution in [2.75, 3.05) is 11.9 Å². The zero-order chi connectivity index (χ0) is 28.9. The lowest BCUT2D eigenvalue weighted by Gasteiger charge is -2.17. The zero-order valence-corrected chi connectivity index (χ0v) is 22.9. The molecule has 208 valence electrons. The Morgan fingerprint density at radius 2 is 1.85 bits per heavy atom. The Morgan fingerprint density at radius 1 is 1.07 bits per heavy atom. The van der Waals surface area contributed by atoms with E-state index >= 15 is 0 Å². The van der Waals surface area contributed by atoms with Gasteiger partial charge in [0.05, 0.1) is 34.8 Å². The number of carbonyl (C=O) groups excluding carboxylic acids is 2. The van der Waals surface area contributed by atoms with Gasteiger partial charge in [0.1, 0.15) is 23.7 Å². The first-order chi connectivity index (χ1) is 19.8. The predicted molar refractivity (Wildman–Crippen MR) is 150 cm³/mol.